The normalized spacial score (nSPS) is 10.4. The van der Waals surface area contributed by atoms with Crippen LogP contribution < -0.4 is 0 Å². The summed E-state index contributed by atoms with van der Waals surface area (Å²) in [5, 5.41) is 8.97. The fourth-order valence-corrected chi connectivity index (χ4v) is 0.945. The number of hydrogen-bond donors (Lipinski definition) is 1. The highest BCUT2D eigenvalue weighted by Gasteiger charge is 2.15. The maximum Gasteiger partial charge on any atom is 0.296 e. The van der Waals surface area contributed by atoms with E-state index in [1.54, 1.807) is 0 Å². The van der Waals surface area contributed by atoms with Crippen LogP contribution >= 0.6 is 0 Å². The lowest BCUT2D eigenvalue weighted by molar-refractivity contribution is -0.128. The van der Waals surface area contributed by atoms with Crippen LogP contribution in [0, 0.1) is 0 Å². The molecule has 1 aromatic rings. The number of carbonyl (C=O) groups is 1. The zero-order valence-electron chi connectivity index (χ0n) is 6.71. The minimum Gasteiger partial charge on any atom is -0.508 e. The molecule has 0 saturated heterocycles. The average molecular weight is 186 g/mol. The Hall–Kier alpha value is -1.45. The standard InChI is InChI=1S/C9H8F2O2/c10-9(11)8(13)5-6-2-1-3-7(12)4-6/h1-4,9,12H,5H2. The quantitative estimate of drug-likeness (QED) is 0.781. The molecule has 0 spiro atoms. The molecule has 0 atom stereocenters. The SMILES string of the molecule is O=C(Cc1cccc(O)c1)C(F)F. The van der Waals surface area contributed by atoms with E-state index in [0.29, 0.717) is 5.56 Å². The minimum absolute atomic E-state index is 0.0282. The van der Waals surface area contributed by atoms with Crippen molar-refractivity contribution >= 4 is 5.78 Å². The summed E-state index contributed by atoms with van der Waals surface area (Å²) in [7, 11) is 0. The number of benzene rings is 1. The van der Waals surface area contributed by atoms with Crippen LogP contribution in [-0.4, -0.2) is 17.3 Å². The van der Waals surface area contributed by atoms with E-state index in [1.807, 2.05) is 0 Å². The smallest absolute Gasteiger partial charge is 0.296 e. The van der Waals surface area contributed by atoms with Crippen molar-refractivity contribution < 1.29 is 18.7 Å². The number of halogens is 2. The Morgan fingerprint density at radius 2 is 2.15 bits per heavy atom. The van der Waals surface area contributed by atoms with E-state index >= 15 is 0 Å². The van der Waals surface area contributed by atoms with Gasteiger partial charge < -0.3 is 5.11 Å². The van der Waals surface area contributed by atoms with Crippen molar-refractivity contribution in [2.24, 2.45) is 0 Å². The number of phenolic OH excluding ortho intramolecular Hbond substituents is 1. The van der Waals surface area contributed by atoms with Crippen LogP contribution in [-0.2, 0) is 11.2 Å². The van der Waals surface area contributed by atoms with Gasteiger partial charge in [-0.2, -0.15) is 0 Å². The highest BCUT2D eigenvalue weighted by atomic mass is 19.3. The van der Waals surface area contributed by atoms with Gasteiger partial charge in [0, 0.05) is 6.42 Å². The first-order valence-corrected chi connectivity index (χ1v) is 3.68. The molecule has 13 heavy (non-hydrogen) atoms. The molecule has 2 nitrogen and oxygen atoms in total. The lowest BCUT2D eigenvalue weighted by atomic mass is 10.1. The molecular weight excluding hydrogens is 178 g/mol. The second kappa shape index (κ2) is 3.98. The van der Waals surface area contributed by atoms with E-state index in [2.05, 4.69) is 0 Å². The fourth-order valence-electron chi connectivity index (χ4n) is 0.945. The molecule has 0 unspecified atom stereocenters. The summed E-state index contributed by atoms with van der Waals surface area (Å²) in [6, 6.07) is 5.72. The van der Waals surface area contributed by atoms with Gasteiger partial charge >= 0.3 is 0 Å². The van der Waals surface area contributed by atoms with Gasteiger partial charge in [-0.3, -0.25) is 4.79 Å². The van der Waals surface area contributed by atoms with E-state index < -0.39 is 12.2 Å². The third-order valence-corrected chi connectivity index (χ3v) is 1.53. The molecule has 4 heteroatoms. The first-order valence-electron chi connectivity index (χ1n) is 3.68. The van der Waals surface area contributed by atoms with Crippen LogP contribution in [0.3, 0.4) is 0 Å². The van der Waals surface area contributed by atoms with Crippen molar-refractivity contribution in [3.63, 3.8) is 0 Å². The topological polar surface area (TPSA) is 37.3 Å². The molecular formula is C9H8F2O2. The fraction of sp³-hybridized carbons (Fsp3) is 0.222. The summed E-state index contributed by atoms with van der Waals surface area (Å²) in [6.07, 6.45) is -3.28. The molecule has 0 bridgehead atoms. The summed E-state index contributed by atoms with van der Waals surface area (Å²) < 4.78 is 23.6. The maximum atomic E-state index is 11.8. The molecule has 0 amide bonds. The summed E-state index contributed by atoms with van der Waals surface area (Å²) in [5.74, 6) is -1.16. The summed E-state index contributed by atoms with van der Waals surface area (Å²) >= 11 is 0. The van der Waals surface area contributed by atoms with Crippen LogP contribution in [0.2, 0.25) is 0 Å². The van der Waals surface area contributed by atoms with E-state index in [9.17, 15) is 13.6 Å². The maximum absolute atomic E-state index is 11.8. The Morgan fingerprint density at radius 1 is 1.46 bits per heavy atom. The molecule has 0 saturated carbocycles. The number of phenols is 1. The van der Waals surface area contributed by atoms with Crippen LogP contribution in [0.5, 0.6) is 5.75 Å². The van der Waals surface area contributed by atoms with Crippen molar-refractivity contribution in [1.29, 1.82) is 0 Å². The molecule has 0 aliphatic carbocycles. The Morgan fingerprint density at radius 3 is 2.69 bits per heavy atom. The largest absolute Gasteiger partial charge is 0.508 e. The van der Waals surface area contributed by atoms with Gasteiger partial charge in [-0.1, -0.05) is 12.1 Å². The van der Waals surface area contributed by atoms with Gasteiger partial charge in [0.25, 0.3) is 6.43 Å². The van der Waals surface area contributed by atoms with Crippen LogP contribution in [0.1, 0.15) is 5.56 Å². The lowest BCUT2D eigenvalue weighted by Gasteiger charge is -2.00. The van der Waals surface area contributed by atoms with Gasteiger partial charge in [0.15, 0.2) is 0 Å². The predicted octanol–water partition coefficient (Wildman–Crippen LogP) is 1.77. The molecule has 0 aromatic heterocycles. The number of hydrogen-bond acceptors (Lipinski definition) is 2. The molecule has 1 rings (SSSR count). The molecule has 0 aliphatic heterocycles. The van der Waals surface area contributed by atoms with Gasteiger partial charge in [0.2, 0.25) is 5.78 Å². The van der Waals surface area contributed by atoms with Crippen LogP contribution in [0.4, 0.5) is 8.78 Å². The highest BCUT2D eigenvalue weighted by Crippen LogP contribution is 2.12. The Labute approximate surface area is 73.8 Å². The number of aromatic hydroxyl groups is 1. The molecule has 0 heterocycles. The van der Waals surface area contributed by atoms with E-state index in [-0.39, 0.29) is 12.2 Å². The number of alkyl halides is 2. The number of rotatable bonds is 3. The van der Waals surface area contributed by atoms with Crippen molar-refractivity contribution in [3.8, 4) is 5.75 Å². The Bertz CT molecular complexity index is 310. The zero-order chi connectivity index (χ0) is 9.84. The van der Waals surface area contributed by atoms with E-state index in [1.165, 1.54) is 24.3 Å². The Kier molecular flexibility index (Phi) is 2.95. The van der Waals surface area contributed by atoms with E-state index in [0.717, 1.165) is 0 Å². The van der Waals surface area contributed by atoms with Crippen LogP contribution in [0.15, 0.2) is 24.3 Å². The molecule has 0 aliphatic rings. The first kappa shape index (κ1) is 9.64. The lowest BCUT2D eigenvalue weighted by Crippen LogP contribution is -2.12. The first-order chi connectivity index (χ1) is 6.09. The number of Topliss-reactive ketones (excluding diaryl/α,β-unsaturated/α-hetero) is 1. The van der Waals surface area contributed by atoms with Gasteiger partial charge in [-0.15, -0.1) is 0 Å². The van der Waals surface area contributed by atoms with Crippen molar-refractivity contribution in [1.82, 2.24) is 0 Å². The summed E-state index contributed by atoms with van der Waals surface area (Å²) in [6.45, 7) is 0. The summed E-state index contributed by atoms with van der Waals surface area (Å²) in [4.78, 5) is 10.6. The Balaban J connectivity index is 2.69. The molecule has 70 valence electrons. The van der Waals surface area contributed by atoms with Gasteiger partial charge in [0.05, 0.1) is 0 Å². The van der Waals surface area contributed by atoms with Crippen molar-refractivity contribution in [2.75, 3.05) is 0 Å². The second-order valence-corrected chi connectivity index (χ2v) is 2.61. The van der Waals surface area contributed by atoms with Gasteiger partial charge in [-0.25, -0.2) is 8.78 Å². The third-order valence-electron chi connectivity index (χ3n) is 1.53. The second-order valence-electron chi connectivity index (χ2n) is 2.61. The van der Waals surface area contributed by atoms with Crippen molar-refractivity contribution in [2.45, 2.75) is 12.8 Å². The zero-order valence-corrected chi connectivity index (χ0v) is 6.71. The number of ketones is 1. The molecule has 1 N–H and O–H groups in total. The third kappa shape index (κ3) is 2.82. The predicted molar refractivity (Wildman–Crippen MR) is 42.8 cm³/mol. The van der Waals surface area contributed by atoms with Gasteiger partial charge in [0.1, 0.15) is 5.75 Å². The molecule has 0 fully saturated rings. The van der Waals surface area contributed by atoms with Crippen LogP contribution in [0.25, 0.3) is 0 Å². The minimum atomic E-state index is -2.94. The van der Waals surface area contributed by atoms with Gasteiger partial charge in [-0.05, 0) is 17.7 Å². The summed E-state index contributed by atoms with van der Waals surface area (Å²) in [5.41, 5.74) is 0.394. The van der Waals surface area contributed by atoms with Crippen molar-refractivity contribution in [3.05, 3.63) is 29.8 Å². The van der Waals surface area contributed by atoms with E-state index in [4.69, 9.17) is 5.11 Å². The highest BCUT2D eigenvalue weighted by molar-refractivity contribution is 5.83. The average Bonchev–Trinajstić information content (AvgIpc) is 2.04. The molecule has 1 aromatic carbocycles. The molecule has 0 radical (unpaired) electrons. The monoisotopic (exact) mass is 186 g/mol. The number of carbonyl (C=O) groups excluding carboxylic acids is 1.